The molecule has 4 N–H and O–H groups in total. The molecular formula is C24H29N7O4S. The quantitative estimate of drug-likeness (QED) is 0.207. The van der Waals surface area contributed by atoms with E-state index in [-0.39, 0.29) is 18.5 Å². The summed E-state index contributed by atoms with van der Waals surface area (Å²) in [5.41, 5.74) is 4.40. The summed E-state index contributed by atoms with van der Waals surface area (Å²) in [6.07, 6.45) is 3.35. The third-order valence-corrected chi connectivity index (χ3v) is 7.54. The number of amides is 2. The molecule has 1 aromatic carbocycles. The number of hydrogen-bond acceptors (Lipinski definition) is 9. The molecule has 0 aliphatic carbocycles. The highest BCUT2D eigenvalue weighted by molar-refractivity contribution is 7.16. The lowest BCUT2D eigenvalue weighted by atomic mass is 10.1. The third-order valence-electron chi connectivity index (χ3n) is 6.46. The first-order chi connectivity index (χ1) is 17.5. The van der Waals surface area contributed by atoms with Crippen LogP contribution in [0.3, 0.4) is 0 Å². The van der Waals surface area contributed by atoms with Crippen LogP contribution in [0.5, 0.6) is 0 Å². The van der Waals surface area contributed by atoms with Gasteiger partial charge in [-0.15, -0.1) is 11.3 Å². The van der Waals surface area contributed by atoms with Crippen LogP contribution in [0.4, 0.5) is 10.7 Å². The van der Waals surface area contributed by atoms with Crippen molar-refractivity contribution in [3.8, 4) is 0 Å². The van der Waals surface area contributed by atoms with E-state index < -0.39 is 5.91 Å². The fourth-order valence-corrected chi connectivity index (χ4v) is 5.88. The third kappa shape index (κ3) is 4.98. The molecule has 2 aliphatic rings. The Morgan fingerprint density at radius 1 is 1.22 bits per heavy atom. The van der Waals surface area contributed by atoms with E-state index in [0.29, 0.717) is 32.5 Å². The van der Waals surface area contributed by atoms with Gasteiger partial charge in [0.25, 0.3) is 0 Å². The second-order valence-corrected chi connectivity index (χ2v) is 9.94. The number of anilines is 1. The van der Waals surface area contributed by atoms with Crippen LogP contribution < -0.4 is 10.8 Å². The van der Waals surface area contributed by atoms with Crippen LogP contribution in [0.25, 0.3) is 10.9 Å². The number of benzene rings is 1. The predicted octanol–water partition coefficient (Wildman–Crippen LogP) is 2.98. The van der Waals surface area contributed by atoms with Gasteiger partial charge in [0.2, 0.25) is 11.8 Å². The molecule has 36 heavy (non-hydrogen) atoms. The summed E-state index contributed by atoms with van der Waals surface area (Å²) in [4.78, 5) is 34.4. The molecule has 0 saturated carbocycles. The van der Waals surface area contributed by atoms with Crippen molar-refractivity contribution in [1.29, 1.82) is 0 Å². The van der Waals surface area contributed by atoms with Crippen molar-refractivity contribution in [2.75, 3.05) is 38.7 Å². The topological polar surface area (TPSA) is 135 Å². The molecule has 1 saturated heterocycles. The molecule has 0 radical (unpaired) electrons. The summed E-state index contributed by atoms with van der Waals surface area (Å²) >= 11 is 1.54. The second-order valence-electron chi connectivity index (χ2n) is 8.86. The molecule has 2 amide bonds. The van der Waals surface area contributed by atoms with Gasteiger partial charge in [-0.3, -0.25) is 24.8 Å². The molecule has 1 unspecified atom stereocenters. The number of carbonyl (C=O) groups is 2. The standard InChI is InChI=1S/C24H29N7O4S/c1-30-23(15-5-4-6-17-16(15)14-25-28-17)26-18-13-21(27-19(32)7-2-3-8-20(33)29-34)36-22(18)24(30)31-9-11-35-12-10-31/h4-6,13-14,24,34H,2-3,7-12H2,1H3,(H,25,28)(H,27,32)(H,29,33). The molecule has 190 valence electrons. The number of thiophene rings is 1. The molecule has 12 heteroatoms. The van der Waals surface area contributed by atoms with Crippen LogP contribution in [0.1, 0.15) is 42.3 Å². The van der Waals surface area contributed by atoms with Gasteiger partial charge in [0.1, 0.15) is 12.0 Å². The van der Waals surface area contributed by atoms with Crippen LogP contribution in [0, 0.1) is 0 Å². The van der Waals surface area contributed by atoms with Gasteiger partial charge in [-0.25, -0.2) is 10.5 Å². The molecule has 0 spiro atoms. The number of nitrogens with one attached hydrogen (secondary N) is 3. The first kappa shape index (κ1) is 24.4. The van der Waals surface area contributed by atoms with E-state index >= 15 is 0 Å². The Bertz CT molecular complexity index is 1280. The number of carbonyl (C=O) groups excluding carboxylic acids is 2. The minimum atomic E-state index is -0.445. The summed E-state index contributed by atoms with van der Waals surface area (Å²) in [6, 6.07) is 7.98. The second kappa shape index (κ2) is 10.7. The van der Waals surface area contributed by atoms with E-state index in [1.54, 1.807) is 16.8 Å². The molecule has 11 nitrogen and oxygen atoms in total. The Hall–Kier alpha value is -3.32. The summed E-state index contributed by atoms with van der Waals surface area (Å²) in [5, 5.41) is 20.6. The number of amidine groups is 1. The molecule has 2 aliphatic heterocycles. The maximum Gasteiger partial charge on any atom is 0.243 e. The number of aliphatic imine (C=N–C) groups is 1. The number of H-pyrrole nitrogens is 1. The highest BCUT2D eigenvalue weighted by Gasteiger charge is 2.36. The smallest absolute Gasteiger partial charge is 0.243 e. The number of hydrogen-bond donors (Lipinski definition) is 4. The lowest BCUT2D eigenvalue weighted by Crippen LogP contribution is -2.48. The average molecular weight is 512 g/mol. The molecule has 4 heterocycles. The first-order valence-corrected chi connectivity index (χ1v) is 12.8. The molecule has 1 atom stereocenters. The minimum absolute atomic E-state index is 0.0359. The highest BCUT2D eigenvalue weighted by Crippen LogP contribution is 2.45. The van der Waals surface area contributed by atoms with Gasteiger partial charge in [0.15, 0.2) is 0 Å². The van der Waals surface area contributed by atoms with Gasteiger partial charge in [0.05, 0.1) is 40.5 Å². The number of unbranched alkanes of at least 4 members (excludes halogenated alkanes) is 1. The van der Waals surface area contributed by atoms with E-state index in [1.807, 2.05) is 24.4 Å². The van der Waals surface area contributed by atoms with E-state index in [4.69, 9.17) is 14.9 Å². The highest BCUT2D eigenvalue weighted by atomic mass is 32.1. The number of aromatic amines is 1. The van der Waals surface area contributed by atoms with Crippen LogP contribution >= 0.6 is 11.3 Å². The van der Waals surface area contributed by atoms with Crippen LogP contribution in [0.15, 0.2) is 35.5 Å². The number of rotatable bonds is 8. The number of nitrogens with zero attached hydrogens (tertiary/aromatic N) is 4. The molecule has 3 aromatic rings. The van der Waals surface area contributed by atoms with Crippen molar-refractivity contribution in [1.82, 2.24) is 25.5 Å². The summed E-state index contributed by atoms with van der Waals surface area (Å²) in [5.74, 6) is 0.296. The normalized spacial score (nSPS) is 18.1. The molecule has 5 rings (SSSR count). The number of ether oxygens (including phenoxy) is 1. The lowest BCUT2D eigenvalue weighted by Gasteiger charge is -2.42. The summed E-state index contributed by atoms with van der Waals surface area (Å²) in [7, 11) is 2.06. The maximum atomic E-state index is 12.6. The average Bonchev–Trinajstić information content (AvgIpc) is 3.53. The largest absolute Gasteiger partial charge is 0.379 e. The first-order valence-electron chi connectivity index (χ1n) is 12.0. The van der Waals surface area contributed by atoms with Crippen LogP contribution in [-0.2, 0) is 14.3 Å². The number of fused-ring (bicyclic) bond motifs is 2. The van der Waals surface area contributed by atoms with Crippen molar-refractivity contribution in [3.63, 3.8) is 0 Å². The van der Waals surface area contributed by atoms with Gasteiger partial charge in [-0.2, -0.15) is 5.10 Å². The lowest BCUT2D eigenvalue weighted by molar-refractivity contribution is -0.129. The van der Waals surface area contributed by atoms with Gasteiger partial charge in [-0.1, -0.05) is 12.1 Å². The molecule has 2 aromatic heterocycles. The van der Waals surface area contributed by atoms with Gasteiger partial charge < -0.3 is 15.0 Å². The zero-order valence-electron chi connectivity index (χ0n) is 20.0. The van der Waals surface area contributed by atoms with Crippen LogP contribution in [-0.4, -0.2) is 76.2 Å². The Morgan fingerprint density at radius 2 is 2.00 bits per heavy atom. The molecule has 1 fully saturated rings. The van der Waals surface area contributed by atoms with Crippen LogP contribution in [0.2, 0.25) is 0 Å². The Labute approximate surface area is 212 Å². The Balaban J connectivity index is 1.41. The number of morpholine rings is 1. The fourth-order valence-electron chi connectivity index (χ4n) is 4.69. The van der Waals surface area contributed by atoms with Crippen molar-refractivity contribution in [3.05, 3.63) is 40.9 Å². The SMILES string of the molecule is CN1C(c2cccc3[nH]ncc23)=Nc2cc(NC(=O)CCCCC(=O)NO)sc2C1N1CCOCC1. The van der Waals surface area contributed by atoms with Crippen molar-refractivity contribution >= 4 is 50.6 Å². The van der Waals surface area contributed by atoms with Gasteiger partial charge in [-0.05, 0) is 25.0 Å². The Kier molecular flexibility index (Phi) is 7.28. The predicted molar refractivity (Wildman–Crippen MR) is 137 cm³/mol. The van der Waals surface area contributed by atoms with E-state index in [1.165, 1.54) is 0 Å². The number of hydroxylamine groups is 1. The Morgan fingerprint density at radius 3 is 2.78 bits per heavy atom. The van der Waals surface area contributed by atoms with Gasteiger partial charge >= 0.3 is 0 Å². The monoisotopic (exact) mass is 511 g/mol. The molecular weight excluding hydrogens is 482 g/mol. The van der Waals surface area contributed by atoms with E-state index in [9.17, 15) is 9.59 Å². The summed E-state index contributed by atoms with van der Waals surface area (Å²) < 4.78 is 5.60. The van der Waals surface area contributed by atoms with Crippen molar-refractivity contribution < 1.29 is 19.5 Å². The maximum absolute atomic E-state index is 12.6. The van der Waals surface area contributed by atoms with E-state index in [2.05, 4.69) is 38.4 Å². The summed E-state index contributed by atoms with van der Waals surface area (Å²) in [6.45, 7) is 2.96. The molecule has 0 bridgehead atoms. The fraction of sp³-hybridized carbons (Fsp3) is 0.417. The van der Waals surface area contributed by atoms with Crippen molar-refractivity contribution in [2.45, 2.75) is 31.8 Å². The van der Waals surface area contributed by atoms with Crippen molar-refractivity contribution in [2.24, 2.45) is 4.99 Å². The van der Waals surface area contributed by atoms with Gasteiger partial charge in [0, 0.05) is 43.9 Å². The minimum Gasteiger partial charge on any atom is -0.379 e. The zero-order valence-corrected chi connectivity index (χ0v) is 20.8. The van der Waals surface area contributed by atoms with E-state index in [0.717, 1.165) is 51.0 Å². The number of aromatic nitrogens is 2. The zero-order chi connectivity index (χ0) is 25.1.